The quantitative estimate of drug-likeness (QED) is 0.804. The number of hydrogen-bond acceptors (Lipinski definition) is 3. The van der Waals surface area contributed by atoms with E-state index < -0.39 is 0 Å². The molecule has 0 saturated carbocycles. The Morgan fingerprint density at radius 2 is 2.04 bits per heavy atom. The van der Waals surface area contributed by atoms with E-state index in [1.165, 1.54) is 16.8 Å². The maximum atomic E-state index is 12.8. The summed E-state index contributed by atoms with van der Waals surface area (Å²) in [4.78, 5) is 26.2. The molecule has 1 heterocycles. The average molecular weight is 378 g/mol. The lowest BCUT2D eigenvalue weighted by Crippen LogP contribution is -2.38. The van der Waals surface area contributed by atoms with E-state index in [4.69, 9.17) is 0 Å². The summed E-state index contributed by atoms with van der Waals surface area (Å²) < 4.78 is 2.27. The van der Waals surface area contributed by atoms with Crippen LogP contribution in [0.5, 0.6) is 0 Å². The van der Waals surface area contributed by atoms with Crippen LogP contribution in [-0.2, 0) is 13.1 Å². The highest BCUT2D eigenvalue weighted by Crippen LogP contribution is 2.16. The van der Waals surface area contributed by atoms with Gasteiger partial charge in [0.1, 0.15) is 5.69 Å². The summed E-state index contributed by atoms with van der Waals surface area (Å²) in [7, 11) is 0. The van der Waals surface area contributed by atoms with E-state index in [0.29, 0.717) is 13.1 Å². The summed E-state index contributed by atoms with van der Waals surface area (Å²) in [5, 5.41) is 4.16. The zero-order valence-electron chi connectivity index (χ0n) is 13.5. The van der Waals surface area contributed by atoms with Gasteiger partial charge in [0.15, 0.2) is 0 Å². The van der Waals surface area contributed by atoms with Gasteiger partial charge in [-0.15, -0.1) is 0 Å². The molecule has 0 aliphatic rings. The van der Waals surface area contributed by atoms with Crippen LogP contribution in [0.3, 0.4) is 0 Å². The Bertz CT molecular complexity index is 755. The van der Waals surface area contributed by atoms with Gasteiger partial charge in [-0.25, -0.2) is 4.68 Å². The lowest BCUT2D eigenvalue weighted by atomic mass is 10.1. The molecule has 1 aromatic heterocycles. The zero-order valence-corrected chi connectivity index (χ0v) is 15.1. The van der Waals surface area contributed by atoms with E-state index in [9.17, 15) is 9.59 Å². The molecule has 1 amide bonds. The molecule has 0 bridgehead atoms. The lowest BCUT2D eigenvalue weighted by Gasteiger charge is -2.26. The number of carbonyl (C=O) groups excluding carboxylic acids is 1. The van der Waals surface area contributed by atoms with Crippen molar-refractivity contribution in [1.29, 1.82) is 0 Å². The Hall–Kier alpha value is -1.95. The molecule has 0 saturated heterocycles. The molecule has 0 spiro atoms. The van der Waals surface area contributed by atoms with Gasteiger partial charge in [-0.3, -0.25) is 9.59 Å². The molecular weight excluding hydrogens is 358 g/mol. The van der Waals surface area contributed by atoms with Crippen LogP contribution in [-0.4, -0.2) is 26.6 Å². The number of aryl methyl sites for hydroxylation is 1. The second-order valence-corrected chi connectivity index (χ2v) is 6.44. The number of rotatable bonds is 5. The molecule has 0 radical (unpaired) electrons. The maximum absolute atomic E-state index is 12.8. The third kappa shape index (κ3) is 4.28. The second kappa shape index (κ2) is 7.55. The van der Waals surface area contributed by atoms with Crippen molar-refractivity contribution in [3.8, 4) is 0 Å². The van der Waals surface area contributed by atoms with Crippen molar-refractivity contribution in [3.05, 3.63) is 62.5 Å². The Balaban J connectivity index is 2.30. The standard InChI is InChI=1S/C17H20BrN3O2/c1-4-21-16(22)9-8-15(19-21)17(23)20(12(2)3)11-13-6-5-7-14(18)10-13/h5-10,12H,4,11H2,1-3H3. The first kappa shape index (κ1) is 17.4. The van der Waals surface area contributed by atoms with Crippen molar-refractivity contribution in [2.75, 3.05) is 0 Å². The van der Waals surface area contributed by atoms with Gasteiger partial charge in [0.25, 0.3) is 11.5 Å². The van der Waals surface area contributed by atoms with Crippen molar-refractivity contribution >= 4 is 21.8 Å². The number of aromatic nitrogens is 2. The van der Waals surface area contributed by atoms with Crippen LogP contribution in [0, 0.1) is 0 Å². The molecule has 2 aromatic rings. The fourth-order valence-corrected chi connectivity index (χ4v) is 2.70. The number of amides is 1. The third-order valence-corrected chi connectivity index (χ3v) is 4.00. The van der Waals surface area contributed by atoms with Crippen LogP contribution in [0.1, 0.15) is 36.8 Å². The van der Waals surface area contributed by atoms with Gasteiger partial charge >= 0.3 is 0 Å². The summed E-state index contributed by atoms with van der Waals surface area (Å²) in [6.07, 6.45) is 0. The molecule has 5 nitrogen and oxygen atoms in total. The first-order valence-electron chi connectivity index (χ1n) is 7.56. The molecule has 23 heavy (non-hydrogen) atoms. The van der Waals surface area contributed by atoms with E-state index in [1.807, 2.05) is 45.0 Å². The van der Waals surface area contributed by atoms with Gasteiger partial charge in [-0.05, 0) is 44.5 Å². The van der Waals surface area contributed by atoms with E-state index in [0.717, 1.165) is 10.0 Å². The van der Waals surface area contributed by atoms with Gasteiger partial charge in [-0.2, -0.15) is 5.10 Å². The Labute approximate surface area is 144 Å². The topological polar surface area (TPSA) is 55.2 Å². The van der Waals surface area contributed by atoms with E-state index in [-0.39, 0.29) is 23.2 Å². The normalized spacial score (nSPS) is 10.8. The molecule has 122 valence electrons. The summed E-state index contributed by atoms with van der Waals surface area (Å²) >= 11 is 3.44. The first-order chi connectivity index (χ1) is 10.9. The molecular formula is C17H20BrN3O2. The summed E-state index contributed by atoms with van der Waals surface area (Å²) in [5.74, 6) is -0.179. The van der Waals surface area contributed by atoms with Crippen LogP contribution < -0.4 is 5.56 Å². The van der Waals surface area contributed by atoms with Crippen molar-refractivity contribution in [3.63, 3.8) is 0 Å². The van der Waals surface area contributed by atoms with Crippen LogP contribution >= 0.6 is 15.9 Å². The highest BCUT2D eigenvalue weighted by molar-refractivity contribution is 9.10. The molecule has 0 N–H and O–H groups in total. The highest BCUT2D eigenvalue weighted by Gasteiger charge is 2.21. The van der Waals surface area contributed by atoms with Crippen molar-refractivity contribution in [1.82, 2.24) is 14.7 Å². The van der Waals surface area contributed by atoms with Crippen LogP contribution in [0.2, 0.25) is 0 Å². The van der Waals surface area contributed by atoms with E-state index in [1.54, 1.807) is 4.90 Å². The fourth-order valence-electron chi connectivity index (χ4n) is 2.26. The molecule has 1 aromatic carbocycles. The molecule has 0 atom stereocenters. The molecule has 0 unspecified atom stereocenters. The molecule has 2 rings (SSSR count). The van der Waals surface area contributed by atoms with Gasteiger partial charge in [0, 0.05) is 29.7 Å². The number of halogens is 1. The highest BCUT2D eigenvalue weighted by atomic mass is 79.9. The molecule has 0 aliphatic carbocycles. The fraction of sp³-hybridized carbons (Fsp3) is 0.353. The smallest absolute Gasteiger partial charge is 0.274 e. The number of benzene rings is 1. The number of nitrogens with zero attached hydrogens (tertiary/aromatic N) is 3. The van der Waals surface area contributed by atoms with Gasteiger partial charge in [-0.1, -0.05) is 28.1 Å². The zero-order chi connectivity index (χ0) is 17.0. The lowest BCUT2D eigenvalue weighted by molar-refractivity contribution is 0.0681. The van der Waals surface area contributed by atoms with Crippen LogP contribution in [0.15, 0.2) is 45.7 Å². The Morgan fingerprint density at radius 3 is 2.65 bits per heavy atom. The van der Waals surface area contributed by atoms with E-state index in [2.05, 4.69) is 21.0 Å². The molecule has 6 heteroatoms. The first-order valence-corrected chi connectivity index (χ1v) is 8.35. The van der Waals surface area contributed by atoms with E-state index >= 15 is 0 Å². The number of hydrogen-bond donors (Lipinski definition) is 0. The van der Waals surface area contributed by atoms with Gasteiger partial charge < -0.3 is 4.90 Å². The SMILES string of the molecule is CCn1nc(C(=O)N(Cc2cccc(Br)c2)C(C)C)ccc1=O. The Kier molecular flexibility index (Phi) is 5.71. The van der Waals surface area contributed by atoms with Crippen molar-refractivity contribution in [2.45, 2.75) is 39.9 Å². The largest absolute Gasteiger partial charge is 0.331 e. The monoisotopic (exact) mass is 377 g/mol. The van der Waals surface area contributed by atoms with Crippen LogP contribution in [0.25, 0.3) is 0 Å². The minimum Gasteiger partial charge on any atom is -0.331 e. The summed E-state index contributed by atoms with van der Waals surface area (Å²) in [6.45, 7) is 6.68. The maximum Gasteiger partial charge on any atom is 0.274 e. The van der Waals surface area contributed by atoms with Gasteiger partial charge in [0.05, 0.1) is 0 Å². The van der Waals surface area contributed by atoms with Crippen LogP contribution in [0.4, 0.5) is 0 Å². The van der Waals surface area contributed by atoms with Crippen molar-refractivity contribution < 1.29 is 4.79 Å². The predicted molar refractivity (Wildman–Crippen MR) is 93.3 cm³/mol. The third-order valence-electron chi connectivity index (χ3n) is 3.51. The summed E-state index contributed by atoms with van der Waals surface area (Å²) in [6, 6.07) is 10.8. The van der Waals surface area contributed by atoms with Crippen molar-refractivity contribution in [2.24, 2.45) is 0 Å². The molecule has 0 aliphatic heterocycles. The molecule has 0 fully saturated rings. The predicted octanol–water partition coefficient (Wildman–Crippen LogP) is 3.08. The summed E-state index contributed by atoms with van der Waals surface area (Å²) in [5.41, 5.74) is 1.12. The minimum atomic E-state index is -0.202. The average Bonchev–Trinajstić information content (AvgIpc) is 2.52. The second-order valence-electron chi connectivity index (χ2n) is 5.53. The Morgan fingerprint density at radius 1 is 1.30 bits per heavy atom. The van der Waals surface area contributed by atoms with Gasteiger partial charge in [0.2, 0.25) is 0 Å². The number of carbonyl (C=O) groups is 1. The minimum absolute atomic E-state index is 0.0188.